The van der Waals surface area contributed by atoms with Crippen LogP contribution in [0.4, 0.5) is 5.69 Å². The molecule has 0 spiro atoms. The van der Waals surface area contributed by atoms with Crippen LogP contribution in [0, 0.1) is 26.7 Å². The number of rotatable bonds is 8. The van der Waals surface area contributed by atoms with Crippen molar-refractivity contribution in [3.63, 3.8) is 0 Å². The average Bonchev–Trinajstić information content (AvgIpc) is 2.73. The van der Waals surface area contributed by atoms with E-state index in [0.29, 0.717) is 31.1 Å². The first-order valence-electron chi connectivity index (χ1n) is 10.9. The number of carbonyl (C=O) groups excluding carboxylic acids is 1. The number of nitrogens with one attached hydrogen (secondary N) is 1. The Morgan fingerprint density at radius 1 is 1.03 bits per heavy atom. The van der Waals surface area contributed by atoms with Crippen LogP contribution in [0.3, 0.4) is 0 Å². The van der Waals surface area contributed by atoms with Crippen LogP contribution in [0.15, 0.2) is 35.2 Å². The zero-order valence-corrected chi connectivity index (χ0v) is 20.2. The molecule has 1 heterocycles. The molecule has 2 aromatic carbocycles. The Labute approximate surface area is 190 Å². The van der Waals surface area contributed by atoms with E-state index in [0.717, 1.165) is 22.4 Å². The lowest BCUT2D eigenvalue weighted by molar-refractivity contribution is -0.116. The van der Waals surface area contributed by atoms with Gasteiger partial charge in [0.1, 0.15) is 13.2 Å². The first-order chi connectivity index (χ1) is 15.1. The maximum atomic E-state index is 13.4. The molecule has 174 valence electrons. The number of hydrogen-bond donors (Lipinski definition) is 1. The van der Waals surface area contributed by atoms with Gasteiger partial charge in [0, 0.05) is 18.3 Å². The van der Waals surface area contributed by atoms with E-state index in [1.165, 1.54) is 16.4 Å². The molecule has 0 fully saturated rings. The number of benzene rings is 2. The quantitative estimate of drug-likeness (QED) is 0.642. The first-order valence-corrected chi connectivity index (χ1v) is 12.3. The number of anilines is 1. The molecule has 8 heteroatoms. The van der Waals surface area contributed by atoms with Crippen LogP contribution < -0.4 is 14.8 Å². The lowest BCUT2D eigenvalue weighted by atomic mass is 10.1. The van der Waals surface area contributed by atoms with Crippen LogP contribution in [0.1, 0.15) is 37.0 Å². The Balaban J connectivity index is 1.85. The molecule has 1 amide bonds. The van der Waals surface area contributed by atoms with Crippen molar-refractivity contribution in [3.8, 4) is 11.5 Å². The Morgan fingerprint density at radius 2 is 1.66 bits per heavy atom. The van der Waals surface area contributed by atoms with Gasteiger partial charge in [0.25, 0.3) is 0 Å². The van der Waals surface area contributed by atoms with Gasteiger partial charge in [0.2, 0.25) is 15.9 Å². The van der Waals surface area contributed by atoms with Crippen LogP contribution in [-0.2, 0) is 14.8 Å². The number of aryl methyl sites for hydroxylation is 3. The van der Waals surface area contributed by atoms with E-state index in [9.17, 15) is 13.2 Å². The summed E-state index contributed by atoms with van der Waals surface area (Å²) in [7, 11) is -3.91. The van der Waals surface area contributed by atoms with Gasteiger partial charge in [0.05, 0.1) is 11.4 Å². The molecule has 1 aliphatic rings. The second kappa shape index (κ2) is 9.92. The fraction of sp³-hybridized carbons (Fsp3) is 0.458. The summed E-state index contributed by atoms with van der Waals surface area (Å²) >= 11 is 0. The van der Waals surface area contributed by atoms with Crippen molar-refractivity contribution >= 4 is 21.6 Å². The number of ether oxygens (including phenoxy) is 2. The van der Waals surface area contributed by atoms with E-state index in [1.54, 1.807) is 6.07 Å². The van der Waals surface area contributed by atoms with Crippen LogP contribution in [-0.4, -0.2) is 44.9 Å². The van der Waals surface area contributed by atoms with Gasteiger partial charge in [-0.25, -0.2) is 8.42 Å². The van der Waals surface area contributed by atoms with Crippen LogP contribution in [0.5, 0.6) is 11.5 Å². The second-order valence-corrected chi connectivity index (χ2v) is 10.6. The van der Waals surface area contributed by atoms with Crippen molar-refractivity contribution in [1.29, 1.82) is 0 Å². The maximum absolute atomic E-state index is 13.4. The Kier molecular flexibility index (Phi) is 7.46. The van der Waals surface area contributed by atoms with Gasteiger partial charge in [0.15, 0.2) is 11.5 Å². The minimum atomic E-state index is -3.91. The zero-order chi connectivity index (χ0) is 23.5. The van der Waals surface area contributed by atoms with Crippen molar-refractivity contribution in [2.75, 3.05) is 31.6 Å². The van der Waals surface area contributed by atoms with Crippen LogP contribution >= 0.6 is 0 Å². The van der Waals surface area contributed by atoms with E-state index in [4.69, 9.17) is 9.47 Å². The number of nitrogens with zero attached hydrogens (tertiary/aromatic N) is 1. The van der Waals surface area contributed by atoms with Gasteiger partial charge in [-0.15, -0.1) is 0 Å². The summed E-state index contributed by atoms with van der Waals surface area (Å²) in [5, 5.41) is 2.91. The van der Waals surface area contributed by atoms with Gasteiger partial charge >= 0.3 is 0 Å². The highest BCUT2D eigenvalue weighted by molar-refractivity contribution is 7.89. The molecule has 1 aliphatic heterocycles. The maximum Gasteiger partial charge on any atom is 0.243 e. The van der Waals surface area contributed by atoms with E-state index in [2.05, 4.69) is 5.32 Å². The minimum Gasteiger partial charge on any atom is -0.486 e. The van der Waals surface area contributed by atoms with E-state index >= 15 is 0 Å². The molecule has 0 aliphatic carbocycles. The van der Waals surface area contributed by atoms with E-state index < -0.39 is 10.0 Å². The van der Waals surface area contributed by atoms with E-state index in [1.807, 2.05) is 46.8 Å². The van der Waals surface area contributed by atoms with E-state index in [-0.39, 0.29) is 29.8 Å². The molecule has 2 aromatic rings. The van der Waals surface area contributed by atoms with Gasteiger partial charge in [-0.1, -0.05) is 31.5 Å². The number of fused-ring (bicyclic) bond motifs is 1. The topological polar surface area (TPSA) is 84.9 Å². The Hall–Kier alpha value is -2.58. The molecule has 0 unspecified atom stereocenters. The standard InChI is InChI=1S/C24H32N2O5S/c1-16(2)8-9-26(15-23(27)25-24-18(4)12-17(3)13-19(24)5)32(28,29)20-6-7-21-22(14-20)31-11-10-30-21/h6-7,12-14,16H,8-11,15H2,1-5H3,(H,25,27). The first kappa shape index (κ1) is 24.1. The fourth-order valence-corrected chi connectivity index (χ4v) is 5.16. The van der Waals surface area contributed by atoms with Gasteiger partial charge in [-0.3, -0.25) is 4.79 Å². The Bertz CT molecular complexity index is 1070. The lowest BCUT2D eigenvalue weighted by Gasteiger charge is -2.24. The van der Waals surface area contributed by atoms with Crippen molar-refractivity contribution in [3.05, 3.63) is 47.0 Å². The van der Waals surface area contributed by atoms with Crippen molar-refractivity contribution < 1.29 is 22.7 Å². The summed E-state index contributed by atoms with van der Waals surface area (Å²) in [6, 6.07) is 8.55. The number of sulfonamides is 1. The monoisotopic (exact) mass is 460 g/mol. The highest BCUT2D eigenvalue weighted by Crippen LogP contribution is 2.33. The molecule has 0 saturated carbocycles. The molecular formula is C24H32N2O5S. The summed E-state index contributed by atoms with van der Waals surface area (Å²) in [6.45, 7) is 10.7. The predicted octanol–water partition coefficient (Wildman–Crippen LogP) is 4.06. The summed E-state index contributed by atoms with van der Waals surface area (Å²) in [4.78, 5) is 13.0. The van der Waals surface area contributed by atoms with Gasteiger partial charge in [-0.05, 0) is 56.4 Å². The molecule has 1 N–H and O–H groups in total. The lowest BCUT2D eigenvalue weighted by Crippen LogP contribution is -2.39. The molecule has 3 rings (SSSR count). The van der Waals surface area contributed by atoms with Crippen molar-refractivity contribution in [2.45, 2.75) is 45.9 Å². The Morgan fingerprint density at radius 3 is 2.28 bits per heavy atom. The molecule has 0 bridgehead atoms. The fourth-order valence-electron chi connectivity index (χ4n) is 3.74. The number of carbonyl (C=O) groups is 1. The third-order valence-corrected chi connectivity index (χ3v) is 7.21. The van der Waals surface area contributed by atoms with Crippen LogP contribution in [0.25, 0.3) is 0 Å². The van der Waals surface area contributed by atoms with Crippen molar-refractivity contribution in [2.24, 2.45) is 5.92 Å². The van der Waals surface area contributed by atoms with Gasteiger partial charge < -0.3 is 14.8 Å². The molecule has 7 nitrogen and oxygen atoms in total. The number of amides is 1. The largest absolute Gasteiger partial charge is 0.486 e. The molecule has 32 heavy (non-hydrogen) atoms. The average molecular weight is 461 g/mol. The predicted molar refractivity (Wildman–Crippen MR) is 125 cm³/mol. The molecule has 0 radical (unpaired) electrons. The minimum absolute atomic E-state index is 0.0843. The SMILES string of the molecule is Cc1cc(C)c(NC(=O)CN(CCC(C)C)S(=O)(=O)c2ccc3c(c2)OCCO3)c(C)c1. The molecule has 0 saturated heterocycles. The summed E-state index contributed by atoms with van der Waals surface area (Å²) in [6.07, 6.45) is 0.639. The highest BCUT2D eigenvalue weighted by Gasteiger charge is 2.28. The summed E-state index contributed by atoms with van der Waals surface area (Å²) in [5.41, 5.74) is 3.72. The summed E-state index contributed by atoms with van der Waals surface area (Å²) < 4.78 is 39.2. The van der Waals surface area contributed by atoms with Crippen molar-refractivity contribution in [1.82, 2.24) is 4.31 Å². The summed E-state index contributed by atoms with van der Waals surface area (Å²) in [5.74, 6) is 0.839. The molecule has 0 aromatic heterocycles. The number of hydrogen-bond acceptors (Lipinski definition) is 5. The van der Waals surface area contributed by atoms with Crippen LogP contribution in [0.2, 0.25) is 0 Å². The second-order valence-electron chi connectivity index (χ2n) is 8.65. The molecular weight excluding hydrogens is 428 g/mol. The highest BCUT2D eigenvalue weighted by atomic mass is 32.2. The third kappa shape index (κ3) is 5.61. The smallest absolute Gasteiger partial charge is 0.243 e. The zero-order valence-electron chi connectivity index (χ0n) is 19.4. The molecule has 0 atom stereocenters. The normalized spacial score (nSPS) is 13.5. The van der Waals surface area contributed by atoms with Gasteiger partial charge in [-0.2, -0.15) is 4.31 Å². The third-order valence-electron chi connectivity index (χ3n) is 5.37.